The van der Waals surface area contributed by atoms with Crippen LogP contribution in [-0.4, -0.2) is 48.3 Å². The highest BCUT2D eigenvalue weighted by molar-refractivity contribution is 5.74. The molecule has 132 valence electrons. The maximum absolute atomic E-state index is 12.4. The third kappa shape index (κ3) is 5.29. The molecule has 0 unspecified atom stereocenters. The van der Waals surface area contributed by atoms with Crippen molar-refractivity contribution in [2.75, 3.05) is 26.2 Å². The summed E-state index contributed by atoms with van der Waals surface area (Å²) in [6, 6.07) is 14.3. The molecule has 1 N–H and O–H groups in total. The van der Waals surface area contributed by atoms with Gasteiger partial charge in [0.25, 0.3) is 0 Å². The molecular weight excluding hydrogens is 314 g/mol. The van der Waals surface area contributed by atoms with Crippen molar-refractivity contribution in [3.63, 3.8) is 0 Å². The first-order chi connectivity index (χ1) is 12.2. The number of aromatic nitrogens is 1. The first-order valence-corrected chi connectivity index (χ1v) is 8.80. The molecule has 0 spiro atoms. The van der Waals surface area contributed by atoms with Gasteiger partial charge in [-0.25, -0.2) is 4.79 Å². The molecule has 1 aliphatic heterocycles. The predicted molar refractivity (Wildman–Crippen MR) is 97.5 cm³/mol. The average Bonchev–Trinajstić information content (AvgIpc) is 2.64. The second-order valence-electron chi connectivity index (χ2n) is 6.42. The van der Waals surface area contributed by atoms with E-state index in [-0.39, 0.29) is 12.1 Å². The molecule has 1 aliphatic rings. The van der Waals surface area contributed by atoms with Crippen molar-refractivity contribution < 1.29 is 9.53 Å². The quantitative estimate of drug-likeness (QED) is 0.911. The van der Waals surface area contributed by atoms with Crippen LogP contribution in [-0.2, 0) is 17.6 Å². The second kappa shape index (κ2) is 8.62. The number of carbonyl (C=O) groups is 1. The van der Waals surface area contributed by atoms with Crippen LogP contribution in [0.3, 0.4) is 0 Å². The van der Waals surface area contributed by atoms with E-state index < -0.39 is 0 Å². The van der Waals surface area contributed by atoms with Crippen molar-refractivity contribution in [1.29, 1.82) is 0 Å². The minimum Gasteiger partial charge on any atom is -0.374 e. The molecule has 25 heavy (non-hydrogen) atoms. The zero-order valence-corrected chi connectivity index (χ0v) is 14.6. The first kappa shape index (κ1) is 17.4. The number of carbonyl (C=O) groups excluding carboxylic acids is 1. The number of benzene rings is 1. The number of nitrogens with zero attached hydrogens (tertiary/aromatic N) is 2. The highest BCUT2D eigenvalue weighted by Crippen LogP contribution is 2.12. The number of ether oxygens (including phenoxy) is 1. The van der Waals surface area contributed by atoms with Crippen molar-refractivity contribution in [1.82, 2.24) is 15.2 Å². The number of aryl methyl sites for hydroxylation is 1. The van der Waals surface area contributed by atoms with Crippen LogP contribution < -0.4 is 5.32 Å². The lowest BCUT2D eigenvalue weighted by Crippen LogP contribution is -2.50. The van der Waals surface area contributed by atoms with Crippen molar-refractivity contribution >= 4 is 6.03 Å². The summed E-state index contributed by atoms with van der Waals surface area (Å²) < 4.78 is 5.82. The van der Waals surface area contributed by atoms with Crippen LogP contribution in [0.1, 0.15) is 16.8 Å². The molecule has 1 atom stereocenters. The number of amides is 2. The third-order valence-electron chi connectivity index (χ3n) is 4.39. The van der Waals surface area contributed by atoms with Crippen molar-refractivity contribution in [3.05, 3.63) is 65.5 Å². The van der Waals surface area contributed by atoms with Crippen LogP contribution in [0, 0.1) is 6.92 Å². The van der Waals surface area contributed by atoms with Crippen molar-refractivity contribution in [3.8, 4) is 0 Å². The Bertz CT molecular complexity index is 673. The maximum Gasteiger partial charge on any atom is 0.317 e. The Kier molecular flexibility index (Phi) is 6.01. The van der Waals surface area contributed by atoms with E-state index in [4.69, 9.17) is 4.74 Å². The molecule has 1 aromatic heterocycles. The van der Waals surface area contributed by atoms with E-state index in [1.165, 1.54) is 5.56 Å². The summed E-state index contributed by atoms with van der Waals surface area (Å²) in [6.07, 6.45) is 3.55. The topological polar surface area (TPSA) is 54.5 Å². The van der Waals surface area contributed by atoms with Crippen LogP contribution in [0.15, 0.2) is 48.7 Å². The Morgan fingerprint density at radius 2 is 2.08 bits per heavy atom. The van der Waals surface area contributed by atoms with E-state index in [0.717, 1.165) is 24.1 Å². The van der Waals surface area contributed by atoms with Gasteiger partial charge in [-0.05, 0) is 30.5 Å². The lowest BCUT2D eigenvalue weighted by atomic mass is 10.1. The monoisotopic (exact) mass is 339 g/mol. The van der Waals surface area contributed by atoms with Crippen molar-refractivity contribution in [2.24, 2.45) is 0 Å². The normalized spacial score (nSPS) is 17.3. The van der Waals surface area contributed by atoms with Crippen LogP contribution in [0.25, 0.3) is 0 Å². The molecule has 0 aliphatic carbocycles. The number of rotatable bonds is 5. The molecule has 2 heterocycles. The molecule has 5 nitrogen and oxygen atoms in total. The SMILES string of the molecule is Cc1ccc(CCNC(=O)N2CCO[C@H](Cc3ccccc3)C2)cn1. The van der Waals surface area contributed by atoms with Gasteiger partial charge < -0.3 is 15.0 Å². The number of urea groups is 1. The van der Waals surface area contributed by atoms with Gasteiger partial charge in [0.2, 0.25) is 0 Å². The summed E-state index contributed by atoms with van der Waals surface area (Å²) in [5.41, 5.74) is 3.38. The van der Waals surface area contributed by atoms with Crippen LogP contribution in [0.4, 0.5) is 4.79 Å². The summed E-state index contributed by atoms with van der Waals surface area (Å²) in [6.45, 7) is 4.45. The average molecular weight is 339 g/mol. The molecule has 2 amide bonds. The van der Waals surface area contributed by atoms with Crippen LogP contribution in [0.2, 0.25) is 0 Å². The van der Waals surface area contributed by atoms with Gasteiger partial charge in [-0.15, -0.1) is 0 Å². The zero-order chi connectivity index (χ0) is 17.5. The minimum absolute atomic E-state index is 0.0126. The number of nitrogens with one attached hydrogen (secondary N) is 1. The van der Waals surface area contributed by atoms with Gasteiger partial charge in [0, 0.05) is 37.9 Å². The molecule has 0 bridgehead atoms. The smallest absolute Gasteiger partial charge is 0.317 e. The van der Waals surface area contributed by atoms with Gasteiger partial charge in [-0.2, -0.15) is 0 Å². The standard InChI is InChI=1S/C20H25N3O2/c1-16-7-8-18(14-22-16)9-10-21-20(24)23-11-12-25-19(15-23)13-17-5-3-2-4-6-17/h2-8,14,19H,9-13,15H2,1H3,(H,21,24)/t19-/m1/s1. The molecule has 1 aromatic carbocycles. The number of hydrogen-bond acceptors (Lipinski definition) is 3. The summed E-state index contributed by atoms with van der Waals surface area (Å²) in [7, 11) is 0. The summed E-state index contributed by atoms with van der Waals surface area (Å²) >= 11 is 0. The van der Waals surface area contributed by atoms with Gasteiger partial charge in [0.1, 0.15) is 0 Å². The van der Waals surface area contributed by atoms with Gasteiger partial charge in [-0.3, -0.25) is 4.98 Å². The first-order valence-electron chi connectivity index (χ1n) is 8.80. The number of hydrogen-bond donors (Lipinski definition) is 1. The summed E-state index contributed by atoms with van der Waals surface area (Å²) in [5.74, 6) is 0. The Hall–Kier alpha value is -2.40. The molecule has 1 saturated heterocycles. The van der Waals surface area contributed by atoms with Gasteiger partial charge >= 0.3 is 6.03 Å². The van der Waals surface area contributed by atoms with E-state index in [0.29, 0.717) is 26.2 Å². The largest absolute Gasteiger partial charge is 0.374 e. The maximum atomic E-state index is 12.4. The Balaban J connectivity index is 1.44. The Morgan fingerprint density at radius 3 is 2.84 bits per heavy atom. The lowest BCUT2D eigenvalue weighted by Gasteiger charge is -2.33. The summed E-state index contributed by atoms with van der Waals surface area (Å²) in [4.78, 5) is 18.5. The van der Waals surface area contributed by atoms with Crippen molar-refractivity contribution in [2.45, 2.75) is 25.9 Å². The van der Waals surface area contributed by atoms with E-state index in [1.807, 2.05) is 42.3 Å². The van der Waals surface area contributed by atoms with E-state index in [2.05, 4.69) is 28.5 Å². The molecule has 0 saturated carbocycles. The van der Waals surface area contributed by atoms with Gasteiger partial charge in [-0.1, -0.05) is 36.4 Å². The van der Waals surface area contributed by atoms with E-state index in [1.54, 1.807) is 0 Å². The zero-order valence-electron chi connectivity index (χ0n) is 14.6. The van der Waals surface area contributed by atoms with Crippen LogP contribution in [0.5, 0.6) is 0 Å². The molecule has 2 aromatic rings. The lowest BCUT2D eigenvalue weighted by molar-refractivity contribution is -0.0132. The summed E-state index contributed by atoms with van der Waals surface area (Å²) in [5, 5.41) is 3.00. The van der Waals surface area contributed by atoms with E-state index >= 15 is 0 Å². The molecule has 3 rings (SSSR count). The highest BCUT2D eigenvalue weighted by Gasteiger charge is 2.24. The highest BCUT2D eigenvalue weighted by atomic mass is 16.5. The Morgan fingerprint density at radius 1 is 1.24 bits per heavy atom. The molecule has 0 radical (unpaired) electrons. The fraction of sp³-hybridized carbons (Fsp3) is 0.400. The fourth-order valence-corrected chi connectivity index (χ4v) is 2.98. The van der Waals surface area contributed by atoms with Crippen LogP contribution >= 0.6 is 0 Å². The third-order valence-corrected chi connectivity index (χ3v) is 4.39. The van der Waals surface area contributed by atoms with Gasteiger partial charge in [0.05, 0.1) is 12.7 Å². The van der Waals surface area contributed by atoms with E-state index in [9.17, 15) is 4.79 Å². The van der Waals surface area contributed by atoms with Gasteiger partial charge in [0.15, 0.2) is 0 Å². The fourth-order valence-electron chi connectivity index (χ4n) is 2.98. The predicted octanol–water partition coefficient (Wildman–Crippen LogP) is 2.59. The second-order valence-corrected chi connectivity index (χ2v) is 6.42. The molecule has 5 heteroatoms. The Labute approximate surface area is 149 Å². The number of pyridine rings is 1. The molecular formula is C20H25N3O2. The minimum atomic E-state index is -0.0126. The molecule has 1 fully saturated rings. The number of morpholine rings is 1.